The fourth-order valence-electron chi connectivity index (χ4n) is 2.67. The van der Waals surface area contributed by atoms with Gasteiger partial charge in [-0.3, -0.25) is 0 Å². The van der Waals surface area contributed by atoms with E-state index in [1.807, 2.05) is 24.3 Å². The summed E-state index contributed by atoms with van der Waals surface area (Å²) in [6.07, 6.45) is 3.51. The summed E-state index contributed by atoms with van der Waals surface area (Å²) in [7, 11) is 0. The van der Waals surface area contributed by atoms with Crippen molar-refractivity contribution in [3.05, 3.63) is 40.9 Å². The van der Waals surface area contributed by atoms with E-state index in [-0.39, 0.29) is 6.04 Å². The molecule has 1 aliphatic rings. The summed E-state index contributed by atoms with van der Waals surface area (Å²) in [6.45, 7) is 1.03. The fourth-order valence-corrected chi connectivity index (χ4v) is 2.85. The molecular weight excluding hydrogens is 246 g/mol. The first-order valence-corrected chi connectivity index (χ1v) is 6.77. The third-order valence-corrected chi connectivity index (χ3v) is 3.87. The van der Waals surface area contributed by atoms with E-state index in [1.54, 1.807) is 0 Å². The number of phenols is 1. The predicted molar refractivity (Wildman–Crippen MR) is 75.2 cm³/mol. The van der Waals surface area contributed by atoms with Gasteiger partial charge in [-0.15, -0.1) is 0 Å². The minimum absolute atomic E-state index is 0.266. The zero-order valence-electron chi connectivity index (χ0n) is 10.1. The highest BCUT2D eigenvalue weighted by molar-refractivity contribution is 6.31. The number of halogens is 1. The molecule has 1 fully saturated rings. The molecule has 94 valence electrons. The maximum absolute atomic E-state index is 10.2. The summed E-state index contributed by atoms with van der Waals surface area (Å²) in [5.74, 6) is 0.379. The van der Waals surface area contributed by atoms with Crippen LogP contribution < -0.4 is 5.32 Å². The molecule has 2 N–H and O–H groups in total. The summed E-state index contributed by atoms with van der Waals surface area (Å²) in [6, 6.07) is 9.89. The van der Waals surface area contributed by atoms with Crippen molar-refractivity contribution in [2.75, 3.05) is 6.54 Å². The molecule has 1 unspecified atom stereocenters. The topological polar surface area (TPSA) is 32.3 Å². The molecule has 3 rings (SSSR count). The van der Waals surface area contributed by atoms with Crippen LogP contribution in [0.4, 0.5) is 0 Å². The van der Waals surface area contributed by atoms with E-state index in [2.05, 4.69) is 11.4 Å². The Morgan fingerprint density at radius 2 is 2.00 bits per heavy atom. The Bertz CT molecular complexity index is 576. The van der Waals surface area contributed by atoms with E-state index in [4.69, 9.17) is 11.6 Å². The average molecular weight is 262 g/mol. The van der Waals surface area contributed by atoms with Gasteiger partial charge in [0.1, 0.15) is 5.75 Å². The van der Waals surface area contributed by atoms with Crippen molar-refractivity contribution in [2.45, 2.75) is 25.3 Å². The molecule has 1 heterocycles. The maximum atomic E-state index is 10.2. The van der Waals surface area contributed by atoms with E-state index < -0.39 is 0 Å². The maximum Gasteiger partial charge on any atom is 0.120 e. The van der Waals surface area contributed by atoms with Crippen LogP contribution >= 0.6 is 11.6 Å². The van der Waals surface area contributed by atoms with Crippen LogP contribution in [0.1, 0.15) is 30.9 Å². The van der Waals surface area contributed by atoms with Gasteiger partial charge in [0.25, 0.3) is 0 Å². The third-order valence-electron chi connectivity index (χ3n) is 3.63. The van der Waals surface area contributed by atoms with Crippen molar-refractivity contribution in [3.8, 4) is 5.75 Å². The van der Waals surface area contributed by atoms with Crippen LogP contribution in [0.2, 0.25) is 5.02 Å². The van der Waals surface area contributed by atoms with Gasteiger partial charge in [-0.2, -0.15) is 0 Å². The Kier molecular flexibility index (Phi) is 3.14. The van der Waals surface area contributed by atoms with Crippen LogP contribution in [-0.2, 0) is 0 Å². The normalized spacial score (nSPS) is 20.2. The molecule has 0 aliphatic carbocycles. The Hall–Kier alpha value is -1.25. The fraction of sp³-hybridized carbons (Fsp3) is 0.333. The molecule has 18 heavy (non-hydrogen) atoms. The molecule has 0 amide bonds. The number of phenolic OH excluding ortho intramolecular Hbond substituents is 1. The largest absolute Gasteiger partial charge is 0.508 e. The van der Waals surface area contributed by atoms with Gasteiger partial charge in [0.05, 0.1) is 0 Å². The van der Waals surface area contributed by atoms with Crippen LogP contribution in [0.25, 0.3) is 10.8 Å². The molecule has 2 aromatic carbocycles. The van der Waals surface area contributed by atoms with Gasteiger partial charge >= 0.3 is 0 Å². The van der Waals surface area contributed by atoms with Crippen molar-refractivity contribution >= 4 is 22.4 Å². The van der Waals surface area contributed by atoms with Gasteiger partial charge in [-0.25, -0.2) is 0 Å². The van der Waals surface area contributed by atoms with Crippen LogP contribution in [0, 0.1) is 0 Å². The summed E-state index contributed by atoms with van der Waals surface area (Å²) in [5, 5.41) is 16.5. The van der Waals surface area contributed by atoms with Crippen molar-refractivity contribution in [1.29, 1.82) is 0 Å². The number of nitrogens with one attached hydrogen (secondary N) is 1. The predicted octanol–water partition coefficient (Wildman–Crippen LogP) is 4.01. The lowest BCUT2D eigenvalue weighted by atomic mass is 9.94. The van der Waals surface area contributed by atoms with Crippen molar-refractivity contribution in [3.63, 3.8) is 0 Å². The van der Waals surface area contributed by atoms with Gasteiger partial charge in [-0.05, 0) is 54.4 Å². The molecule has 0 radical (unpaired) electrons. The lowest BCUT2D eigenvalue weighted by Gasteiger charge is -2.24. The smallest absolute Gasteiger partial charge is 0.120 e. The Balaban J connectivity index is 2.07. The molecule has 1 aliphatic heterocycles. The highest BCUT2D eigenvalue weighted by Gasteiger charge is 2.18. The first kappa shape index (κ1) is 11.8. The van der Waals surface area contributed by atoms with Crippen molar-refractivity contribution in [2.24, 2.45) is 0 Å². The van der Waals surface area contributed by atoms with E-state index in [1.165, 1.54) is 12.8 Å². The lowest BCUT2D eigenvalue weighted by molar-refractivity contribution is 0.391. The second-order valence-electron chi connectivity index (χ2n) is 4.90. The van der Waals surface area contributed by atoms with E-state index in [0.717, 1.165) is 34.3 Å². The monoisotopic (exact) mass is 261 g/mol. The molecule has 0 spiro atoms. The van der Waals surface area contributed by atoms with E-state index in [0.29, 0.717) is 5.75 Å². The Labute approximate surface area is 112 Å². The molecule has 0 bridgehead atoms. The number of benzene rings is 2. The molecule has 0 aromatic heterocycles. The number of hydrogen-bond acceptors (Lipinski definition) is 2. The zero-order chi connectivity index (χ0) is 12.5. The highest BCUT2D eigenvalue weighted by atomic mass is 35.5. The number of aromatic hydroxyl groups is 1. The SMILES string of the molecule is Oc1cc2ccc(Cl)cc2cc1C1CCCCN1. The van der Waals surface area contributed by atoms with Crippen molar-refractivity contribution in [1.82, 2.24) is 5.32 Å². The molecule has 2 aromatic rings. The van der Waals surface area contributed by atoms with Gasteiger partial charge in [0, 0.05) is 16.6 Å². The van der Waals surface area contributed by atoms with Gasteiger partial charge in [0.15, 0.2) is 0 Å². The average Bonchev–Trinajstić information content (AvgIpc) is 2.39. The first-order chi connectivity index (χ1) is 8.74. The summed E-state index contributed by atoms with van der Waals surface area (Å²) in [5.41, 5.74) is 0.990. The molecule has 1 atom stereocenters. The Morgan fingerprint density at radius 1 is 1.11 bits per heavy atom. The molecule has 0 saturated carbocycles. The quantitative estimate of drug-likeness (QED) is 0.813. The first-order valence-electron chi connectivity index (χ1n) is 6.39. The van der Waals surface area contributed by atoms with Crippen LogP contribution in [0.5, 0.6) is 5.75 Å². The van der Waals surface area contributed by atoms with Gasteiger partial charge in [0.2, 0.25) is 0 Å². The molecule has 1 saturated heterocycles. The van der Waals surface area contributed by atoms with Crippen LogP contribution in [0.15, 0.2) is 30.3 Å². The van der Waals surface area contributed by atoms with Gasteiger partial charge < -0.3 is 10.4 Å². The second kappa shape index (κ2) is 4.79. The second-order valence-corrected chi connectivity index (χ2v) is 5.34. The summed E-state index contributed by atoms with van der Waals surface area (Å²) in [4.78, 5) is 0. The van der Waals surface area contributed by atoms with Gasteiger partial charge in [-0.1, -0.05) is 24.1 Å². The summed E-state index contributed by atoms with van der Waals surface area (Å²) < 4.78 is 0. The standard InChI is InChI=1S/C15H16ClNO/c16-12-5-4-10-9-15(18)13(8-11(10)7-12)14-3-1-2-6-17-14/h4-5,7-9,14,17-18H,1-3,6H2. The summed E-state index contributed by atoms with van der Waals surface area (Å²) >= 11 is 6.02. The van der Waals surface area contributed by atoms with Crippen LogP contribution in [-0.4, -0.2) is 11.7 Å². The molecular formula is C15H16ClNO. The Morgan fingerprint density at radius 3 is 2.78 bits per heavy atom. The number of rotatable bonds is 1. The van der Waals surface area contributed by atoms with Crippen LogP contribution in [0.3, 0.4) is 0 Å². The lowest BCUT2D eigenvalue weighted by Crippen LogP contribution is -2.26. The zero-order valence-corrected chi connectivity index (χ0v) is 10.9. The minimum Gasteiger partial charge on any atom is -0.508 e. The van der Waals surface area contributed by atoms with E-state index in [9.17, 15) is 5.11 Å². The van der Waals surface area contributed by atoms with E-state index >= 15 is 0 Å². The van der Waals surface area contributed by atoms with Crippen molar-refractivity contribution < 1.29 is 5.11 Å². The third kappa shape index (κ3) is 2.18. The minimum atomic E-state index is 0.266. The molecule has 3 heteroatoms. The molecule has 2 nitrogen and oxygen atoms in total. The number of piperidine rings is 1. The highest BCUT2D eigenvalue weighted by Crippen LogP contribution is 2.34. The number of hydrogen-bond donors (Lipinski definition) is 2. The number of fused-ring (bicyclic) bond motifs is 1.